The molecule has 0 aromatic heterocycles. The van der Waals surface area contributed by atoms with E-state index in [1.165, 1.54) is 6.07 Å². The molecule has 0 atom stereocenters. The van der Waals surface area contributed by atoms with Gasteiger partial charge < -0.3 is 16.6 Å². The highest BCUT2D eigenvalue weighted by atomic mass is 19.3. The van der Waals surface area contributed by atoms with E-state index in [9.17, 15) is 8.78 Å². The first-order valence-corrected chi connectivity index (χ1v) is 3.19. The van der Waals surface area contributed by atoms with Gasteiger partial charge in [-0.2, -0.15) is 0 Å². The molecule has 1 rings (SSSR count). The summed E-state index contributed by atoms with van der Waals surface area (Å²) in [5, 5.41) is 8.97. The van der Waals surface area contributed by atoms with Gasteiger partial charge in [0.15, 0.2) is 0 Å². The van der Waals surface area contributed by atoms with Crippen LogP contribution in [0.5, 0.6) is 5.75 Å². The first-order valence-electron chi connectivity index (χ1n) is 3.19. The molecule has 0 aliphatic rings. The third-order valence-corrected chi connectivity index (χ3v) is 1.52. The first-order chi connectivity index (χ1) is 5.54. The smallest absolute Gasteiger partial charge is 0.269 e. The molecule has 0 heterocycles. The first kappa shape index (κ1) is 8.58. The molecule has 5 N–H and O–H groups in total. The second-order valence-electron chi connectivity index (χ2n) is 2.30. The zero-order valence-electron chi connectivity index (χ0n) is 6.09. The summed E-state index contributed by atoms with van der Waals surface area (Å²) in [6.45, 7) is 0. The Bertz CT molecular complexity index is 302. The molecular weight excluding hydrogens is 166 g/mol. The van der Waals surface area contributed by atoms with Crippen molar-refractivity contribution in [1.82, 2.24) is 0 Å². The monoisotopic (exact) mass is 174 g/mol. The van der Waals surface area contributed by atoms with Gasteiger partial charge in [0, 0.05) is 0 Å². The minimum atomic E-state index is -2.81. The molecule has 12 heavy (non-hydrogen) atoms. The van der Waals surface area contributed by atoms with Crippen LogP contribution in [0.4, 0.5) is 20.2 Å². The Morgan fingerprint density at radius 1 is 1.25 bits per heavy atom. The SMILES string of the molecule is Nc1ccc(O)c(C(F)F)c1N. The number of nitrogen functional groups attached to an aromatic ring is 2. The van der Waals surface area contributed by atoms with Crippen LogP contribution in [0.15, 0.2) is 12.1 Å². The van der Waals surface area contributed by atoms with Gasteiger partial charge in [0.1, 0.15) is 5.75 Å². The number of anilines is 2. The van der Waals surface area contributed by atoms with E-state index in [0.717, 1.165) is 6.07 Å². The molecular formula is C7H8F2N2O. The fraction of sp³-hybridized carbons (Fsp3) is 0.143. The Morgan fingerprint density at radius 2 is 1.83 bits per heavy atom. The van der Waals surface area contributed by atoms with E-state index in [1.54, 1.807) is 0 Å². The Kier molecular flexibility index (Phi) is 2.03. The maximum absolute atomic E-state index is 12.2. The van der Waals surface area contributed by atoms with Gasteiger partial charge in [0.25, 0.3) is 6.43 Å². The summed E-state index contributed by atoms with van der Waals surface area (Å²) in [5.41, 5.74) is 9.66. The van der Waals surface area contributed by atoms with Crippen molar-refractivity contribution in [3.63, 3.8) is 0 Å². The van der Waals surface area contributed by atoms with Crippen LogP contribution in [0, 0.1) is 0 Å². The predicted octanol–water partition coefficient (Wildman–Crippen LogP) is 1.49. The number of benzene rings is 1. The number of alkyl halides is 2. The van der Waals surface area contributed by atoms with Crippen LogP contribution in [-0.2, 0) is 0 Å². The van der Waals surface area contributed by atoms with Crippen molar-refractivity contribution in [1.29, 1.82) is 0 Å². The van der Waals surface area contributed by atoms with E-state index in [0.29, 0.717) is 0 Å². The Hall–Kier alpha value is -1.52. The Labute approximate surface area is 67.6 Å². The highest BCUT2D eigenvalue weighted by molar-refractivity contribution is 5.71. The lowest BCUT2D eigenvalue weighted by Crippen LogP contribution is -2.00. The fourth-order valence-electron chi connectivity index (χ4n) is 0.871. The van der Waals surface area contributed by atoms with Gasteiger partial charge in [-0.3, -0.25) is 0 Å². The fourth-order valence-corrected chi connectivity index (χ4v) is 0.871. The maximum Gasteiger partial charge on any atom is 0.269 e. The third kappa shape index (κ3) is 1.25. The molecule has 0 aliphatic carbocycles. The van der Waals surface area contributed by atoms with Crippen molar-refractivity contribution in [2.45, 2.75) is 6.43 Å². The van der Waals surface area contributed by atoms with Crippen LogP contribution >= 0.6 is 0 Å². The molecule has 0 bridgehead atoms. The molecule has 5 heteroatoms. The van der Waals surface area contributed by atoms with Crippen LogP contribution in [0.1, 0.15) is 12.0 Å². The molecule has 0 saturated carbocycles. The van der Waals surface area contributed by atoms with Crippen molar-refractivity contribution < 1.29 is 13.9 Å². The number of phenolic OH excluding ortho intramolecular Hbond substituents is 1. The molecule has 0 radical (unpaired) electrons. The van der Waals surface area contributed by atoms with E-state index in [4.69, 9.17) is 16.6 Å². The number of phenols is 1. The van der Waals surface area contributed by atoms with E-state index < -0.39 is 17.7 Å². The van der Waals surface area contributed by atoms with E-state index >= 15 is 0 Å². The Balaban J connectivity index is 3.33. The average molecular weight is 174 g/mol. The second kappa shape index (κ2) is 2.84. The quantitative estimate of drug-likeness (QED) is 0.446. The van der Waals surface area contributed by atoms with Crippen molar-refractivity contribution in [2.24, 2.45) is 0 Å². The van der Waals surface area contributed by atoms with Crippen LogP contribution in [0.25, 0.3) is 0 Å². The summed E-state index contributed by atoms with van der Waals surface area (Å²) in [6.07, 6.45) is -2.81. The number of nitrogens with two attached hydrogens (primary N) is 2. The highest BCUT2D eigenvalue weighted by Crippen LogP contribution is 2.36. The third-order valence-electron chi connectivity index (χ3n) is 1.52. The summed E-state index contributed by atoms with van der Waals surface area (Å²) in [6, 6.07) is 2.36. The molecule has 0 aliphatic heterocycles. The summed E-state index contributed by atoms with van der Waals surface area (Å²) >= 11 is 0. The zero-order valence-corrected chi connectivity index (χ0v) is 6.09. The molecule has 3 nitrogen and oxygen atoms in total. The normalized spacial score (nSPS) is 10.6. The van der Waals surface area contributed by atoms with Crippen molar-refractivity contribution in [3.8, 4) is 5.75 Å². The molecule has 1 aromatic carbocycles. The summed E-state index contributed by atoms with van der Waals surface area (Å²) < 4.78 is 24.3. The van der Waals surface area contributed by atoms with Gasteiger partial charge in [0.2, 0.25) is 0 Å². The molecule has 0 unspecified atom stereocenters. The van der Waals surface area contributed by atoms with Crippen LogP contribution in [0.2, 0.25) is 0 Å². The summed E-state index contributed by atoms with van der Waals surface area (Å²) in [4.78, 5) is 0. The van der Waals surface area contributed by atoms with Crippen LogP contribution < -0.4 is 11.5 Å². The zero-order chi connectivity index (χ0) is 9.30. The van der Waals surface area contributed by atoms with Gasteiger partial charge in [-0.05, 0) is 12.1 Å². The van der Waals surface area contributed by atoms with Gasteiger partial charge >= 0.3 is 0 Å². The minimum Gasteiger partial charge on any atom is -0.507 e. The van der Waals surface area contributed by atoms with Crippen LogP contribution in [-0.4, -0.2) is 5.11 Å². The molecule has 0 amide bonds. The highest BCUT2D eigenvalue weighted by Gasteiger charge is 2.17. The molecule has 0 saturated heterocycles. The summed E-state index contributed by atoms with van der Waals surface area (Å²) in [5.74, 6) is -0.531. The molecule has 0 fully saturated rings. The molecule has 1 aromatic rings. The van der Waals surface area contributed by atoms with Crippen molar-refractivity contribution >= 4 is 11.4 Å². The largest absolute Gasteiger partial charge is 0.507 e. The van der Waals surface area contributed by atoms with Crippen LogP contribution in [0.3, 0.4) is 0 Å². The number of halogens is 2. The number of rotatable bonds is 1. The number of hydrogen-bond donors (Lipinski definition) is 3. The maximum atomic E-state index is 12.2. The van der Waals surface area contributed by atoms with Crippen molar-refractivity contribution in [2.75, 3.05) is 11.5 Å². The van der Waals surface area contributed by atoms with E-state index in [2.05, 4.69) is 0 Å². The number of aromatic hydroxyl groups is 1. The van der Waals surface area contributed by atoms with Gasteiger partial charge in [-0.1, -0.05) is 0 Å². The topological polar surface area (TPSA) is 72.3 Å². The minimum absolute atomic E-state index is 0.0445. The summed E-state index contributed by atoms with van der Waals surface area (Å²) in [7, 11) is 0. The number of hydrogen-bond acceptors (Lipinski definition) is 3. The van der Waals surface area contributed by atoms with Crippen molar-refractivity contribution in [3.05, 3.63) is 17.7 Å². The van der Waals surface area contributed by atoms with Gasteiger partial charge in [-0.15, -0.1) is 0 Å². The lowest BCUT2D eigenvalue weighted by molar-refractivity contribution is 0.148. The predicted molar refractivity (Wildman–Crippen MR) is 41.9 cm³/mol. The lowest BCUT2D eigenvalue weighted by Gasteiger charge is -2.08. The second-order valence-corrected chi connectivity index (χ2v) is 2.30. The van der Waals surface area contributed by atoms with E-state index in [1.807, 2.05) is 0 Å². The molecule has 66 valence electrons. The van der Waals surface area contributed by atoms with E-state index in [-0.39, 0.29) is 11.4 Å². The Morgan fingerprint density at radius 3 is 2.25 bits per heavy atom. The molecule has 0 spiro atoms. The van der Waals surface area contributed by atoms with Gasteiger partial charge in [0.05, 0.1) is 16.9 Å². The van der Waals surface area contributed by atoms with Gasteiger partial charge in [-0.25, -0.2) is 8.78 Å². The standard InChI is InChI=1S/C7H8F2N2O/c8-7(9)5-4(12)2-1-3(10)6(5)11/h1-2,7,12H,10-11H2. The average Bonchev–Trinajstić information content (AvgIpc) is 1.97. The lowest BCUT2D eigenvalue weighted by atomic mass is 10.1.